The van der Waals surface area contributed by atoms with Gasteiger partial charge in [0.2, 0.25) is 0 Å². The average Bonchev–Trinajstić information content (AvgIpc) is 1.59. The fraction of sp³-hybridized carbons (Fsp3) is 0.557. The Morgan fingerprint density at radius 3 is 1.19 bits per heavy atom. The minimum absolute atomic E-state index is 0.0327. The molecule has 8 rings (SSSR count). The first-order chi connectivity index (χ1) is 40.1. The molecule has 4 aromatic rings. The molecule has 2 aliphatic heterocycles. The van der Waals surface area contributed by atoms with E-state index < -0.39 is 16.7 Å². The third-order valence-corrected chi connectivity index (χ3v) is 18.7. The maximum Gasteiger partial charge on any atom is 0.338 e. The van der Waals surface area contributed by atoms with Crippen molar-refractivity contribution in [3.05, 3.63) is 138 Å². The number of amides is 2. The summed E-state index contributed by atoms with van der Waals surface area (Å²) in [7, 11) is 0. The summed E-state index contributed by atoms with van der Waals surface area (Å²) in [6.07, 6.45) is 9.72. The van der Waals surface area contributed by atoms with E-state index in [1.165, 1.54) is 0 Å². The van der Waals surface area contributed by atoms with Crippen LogP contribution >= 0.6 is 46.4 Å². The molecule has 0 saturated heterocycles. The summed E-state index contributed by atoms with van der Waals surface area (Å²) >= 11 is 25.5. The highest BCUT2D eigenvalue weighted by atomic mass is 35.5. The zero-order chi connectivity index (χ0) is 63.5. The number of esters is 2. The molecule has 86 heavy (non-hydrogen) atoms. The number of ether oxygens (including phenoxy) is 2. The third kappa shape index (κ3) is 16.4. The summed E-state index contributed by atoms with van der Waals surface area (Å²) in [5.74, 6) is -0.518. The number of nitrogens with zero attached hydrogens (tertiary/aromatic N) is 4. The van der Waals surface area contributed by atoms with Crippen molar-refractivity contribution in [3.63, 3.8) is 0 Å². The van der Waals surface area contributed by atoms with Crippen LogP contribution in [0.3, 0.4) is 0 Å². The number of benzene rings is 4. The summed E-state index contributed by atoms with van der Waals surface area (Å²) in [4.78, 5) is 80.7. The third-order valence-electron chi connectivity index (χ3n) is 17.8. The van der Waals surface area contributed by atoms with Crippen molar-refractivity contribution in [2.45, 2.75) is 210 Å². The largest absolute Gasteiger partial charge is 0.459 e. The summed E-state index contributed by atoms with van der Waals surface area (Å²) in [5.41, 5.74) is 2.70. The van der Waals surface area contributed by atoms with E-state index in [1.807, 2.05) is 75.6 Å². The molecule has 1 N–H and O–H groups in total. The molecule has 0 aromatic heterocycles. The number of hydrogen-bond acceptors (Lipinski definition) is 10. The first-order valence-corrected chi connectivity index (χ1v) is 32.1. The van der Waals surface area contributed by atoms with Gasteiger partial charge in [-0.3, -0.25) is 19.6 Å². The van der Waals surface area contributed by atoms with Crippen molar-refractivity contribution < 1.29 is 38.6 Å². The van der Waals surface area contributed by atoms with Crippen LogP contribution in [0.2, 0.25) is 20.1 Å². The van der Waals surface area contributed by atoms with Crippen molar-refractivity contribution in [3.8, 4) is 0 Å². The quantitative estimate of drug-likeness (QED) is 0.0763. The van der Waals surface area contributed by atoms with Crippen LogP contribution < -0.4 is 0 Å². The monoisotopic (exact) mass is 1250 g/mol. The maximum atomic E-state index is 14.6. The van der Waals surface area contributed by atoms with Crippen LogP contribution in [0.5, 0.6) is 0 Å². The van der Waals surface area contributed by atoms with Gasteiger partial charge in [-0.1, -0.05) is 140 Å². The summed E-state index contributed by atoms with van der Waals surface area (Å²) in [6, 6.07) is 24.6. The number of carbonyl (C=O) groups excluding carboxylic acids is 5. The molecule has 2 atom stereocenters. The molecule has 0 bridgehead atoms. The van der Waals surface area contributed by atoms with Crippen molar-refractivity contribution in [1.29, 1.82) is 0 Å². The standard InChI is InChI=1S/C35H46Cl2N2O4.C35H44Cl2N2O4/c2*1-22(2)43-32(42)24-10-8-23(9-11-24)29(14-15-33(3,4)5)39-31(41)30(25-18-27(36)20-28(37)19-25)38-35(39)16-12-26(13-17-35)34(6,7)21-40/h8-11,18-20,22,26,29,40H,12-17,21H2,1-7H3;8-11,18-22,26,29H,12-17H2,1-7H3/t2*26?,29-,35?/m11/s1. The number of aliphatic imine (C=N–C) groups is 2. The van der Waals surface area contributed by atoms with Crippen molar-refractivity contribution in [2.24, 2.45) is 43.5 Å². The lowest BCUT2D eigenvalue weighted by atomic mass is 9.68. The van der Waals surface area contributed by atoms with Crippen LogP contribution in [0.25, 0.3) is 0 Å². The second-order valence-corrected chi connectivity index (χ2v) is 30.3. The van der Waals surface area contributed by atoms with Crippen LogP contribution in [0.1, 0.15) is 229 Å². The zero-order valence-electron chi connectivity index (χ0n) is 52.9. The summed E-state index contributed by atoms with van der Waals surface area (Å²) in [5, 5.41) is 11.9. The molecule has 4 aromatic carbocycles. The lowest BCUT2D eigenvalue weighted by Crippen LogP contribution is -2.52. The Hall–Kier alpha value is -5.11. The van der Waals surface area contributed by atoms with Crippen LogP contribution in [0.4, 0.5) is 0 Å². The van der Waals surface area contributed by atoms with E-state index in [4.69, 9.17) is 65.9 Å². The Bertz CT molecular complexity index is 3120. The molecular weight excluding hydrogens is 1170 g/mol. The summed E-state index contributed by atoms with van der Waals surface area (Å²) < 4.78 is 10.8. The molecule has 2 heterocycles. The molecule has 2 spiro atoms. The first-order valence-electron chi connectivity index (χ1n) is 30.6. The van der Waals surface area contributed by atoms with Gasteiger partial charge in [0.25, 0.3) is 11.8 Å². The average molecular weight is 1260 g/mol. The second-order valence-electron chi connectivity index (χ2n) is 28.6. The van der Waals surface area contributed by atoms with E-state index in [9.17, 15) is 29.1 Å². The summed E-state index contributed by atoms with van der Waals surface area (Å²) in [6.45, 7) is 28.8. The lowest BCUT2D eigenvalue weighted by Gasteiger charge is -2.48. The minimum Gasteiger partial charge on any atom is -0.459 e. The van der Waals surface area contributed by atoms with Crippen LogP contribution in [0.15, 0.2) is 94.9 Å². The van der Waals surface area contributed by atoms with Gasteiger partial charge in [-0.25, -0.2) is 9.59 Å². The van der Waals surface area contributed by atoms with Gasteiger partial charge in [-0.2, -0.15) is 0 Å². The number of hydrogen-bond donors (Lipinski definition) is 1. The van der Waals surface area contributed by atoms with E-state index >= 15 is 0 Å². The van der Waals surface area contributed by atoms with Crippen LogP contribution in [-0.4, -0.2) is 86.5 Å². The van der Waals surface area contributed by atoms with Gasteiger partial charge < -0.3 is 29.2 Å². The number of halogens is 4. The number of aldehydes is 1. The Balaban J connectivity index is 0.000000246. The molecule has 466 valence electrons. The molecule has 2 aliphatic carbocycles. The van der Waals surface area contributed by atoms with Crippen molar-refractivity contribution >= 4 is 87.9 Å². The highest BCUT2D eigenvalue weighted by Crippen LogP contribution is 2.53. The van der Waals surface area contributed by atoms with E-state index in [1.54, 1.807) is 60.7 Å². The Morgan fingerprint density at radius 1 is 0.570 bits per heavy atom. The molecule has 2 saturated carbocycles. The maximum absolute atomic E-state index is 14.6. The fourth-order valence-electron chi connectivity index (χ4n) is 12.7. The number of carbonyl (C=O) groups is 5. The van der Waals surface area contributed by atoms with Crippen LogP contribution in [0, 0.1) is 33.5 Å². The van der Waals surface area contributed by atoms with E-state index in [-0.39, 0.29) is 76.8 Å². The predicted molar refractivity (Wildman–Crippen MR) is 347 cm³/mol. The first kappa shape index (κ1) is 68.4. The highest BCUT2D eigenvalue weighted by Gasteiger charge is 2.55. The molecule has 0 radical (unpaired) electrons. The van der Waals surface area contributed by atoms with Gasteiger partial charge in [0.15, 0.2) is 0 Å². The molecule has 12 nitrogen and oxygen atoms in total. The SMILES string of the molecule is CC(C)OC(=O)c1ccc([C@@H](CCC(C)(C)C)N2C(=O)C(c3cc(Cl)cc(Cl)c3)=NC23CCC(C(C)(C)C=O)CC3)cc1.CC(C)OC(=O)c1ccc([C@@H](CCC(C)(C)C)N2C(=O)C(c3cc(Cl)cc(Cl)c3)=NC23CCC(C(C)(C)CO)CC3)cc1. The van der Waals surface area contributed by atoms with E-state index in [0.29, 0.717) is 85.4 Å². The molecular formula is C70H90Cl4N4O8. The van der Waals surface area contributed by atoms with Crippen molar-refractivity contribution in [2.75, 3.05) is 6.61 Å². The smallest absolute Gasteiger partial charge is 0.338 e. The van der Waals surface area contributed by atoms with Gasteiger partial charge in [-0.15, -0.1) is 0 Å². The number of aliphatic hydroxyl groups excluding tert-OH is 1. The second kappa shape index (κ2) is 27.3. The van der Waals surface area contributed by atoms with Gasteiger partial charge in [0.05, 0.1) is 35.4 Å². The molecule has 2 amide bonds. The zero-order valence-corrected chi connectivity index (χ0v) is 55.9. The van der Waals surface area contributed by atoms with E-state index in [2.05, 4.69) is 55.4 Å². The normalized spacial score (nSPS) is 21.8. The number of aliphatic hydroxyl groups is 1. The van der Waals surface area contributed by atoms with Gasteiger partial charge in [0.1, 0.15) is 29.0 Å². The van der Waals surface area contributed by atoms with Gasteiger partial charge in [-0.05, 0) is 205 Å². The number of rotatable bonds is 18. The highest BCUT2D eigenvalue weighted by molar-refractivity contribution is 6.48. The van der Waals surface area contributed by atoms with Crippen LogP contribution in [-0.2, 0) is 23.9 Å². The Morgan fingerprint density at radius 2 is 0.895 bits per heavy atom. The molecule has 16 heteroatoms. The van der Waals surface area contributed by atoms with Gasteiger partial charge >= 0.3 is 11.9 Å². The predicted octanol–water partition coefficient (Wildman–Crippen LogP) is 17.5. The molecule has 0 unspecified atom stereocenters. The Labute approximate surface area is 531 Å². The lowest BCUT2D eigenvalue weighted by molar-refractivity contribution is -0.135. The van der Waals surface area contributed by atoms with Gasteiger partial charge in [0, 0.05) is 43.2 Å². The Kier molecular flexibility index (Phi) is 21.7. The fourth-order valence-corrected chi connectivity index (χ4v) is 13.8. The molecule has 2 fully saturated rings. The molecule has 4 aliphatic rings. The van der Waals surface area contributed by atoms with Crippen molar-refractivity contribution in [1.82, 2.24) is 9.80 Å². The van der Waals surface area contributed by atoms with E-state index in [0.717, 1.165) is 68.8 Å². The topological polar surface area (TPSA) is 155 Å². The minimum atomic E-state index is -0.769.